The first kappa shape index (κ1) is 17.2. The van der Waals surface area contributed by atoms with Gasteiger partial charge in [0.2, 0.25) is 5.95 Å². The van der Waals surface area contributed by atoms with Crippen molar-refractivity contribution in [2.24, 2.45) is 0 Å². The van der Waals surface area contributed by atoms with Crippen molar-refractivity contribution in [2.45, 2.75) is 12.5 Å². The smallest absolute Gasteiger partial charge is 0.203 e. The number of imidazole rings is 1. The number of pyridine rings is 1. The number of hydrogen-bond donors (Lipinski definition) is 2. The summed E-state index contributed by atoms with van der Waals surface area (Å²) in [5, 5.41) is 10.5. The van der Waals surface area contributed by atoms with Crippen molar-refractivity contribution < 1.29 is 5.11 Å². The lowest BCUT2D eigenvalue weighted by atomic mass is 10.1. The fraction of sp³-hybridized carbons (Fsp3) is 0.182. The van der Waals surface area contributed by atoms with E-state index in [-0.39, 0.29) is 6.10 Å². The molecule has 0 saturated carbocycles. The molecule has 0 radical (unpaired) electrons. The number of nitrogens with zero attached hydrogens (tertiary/aromatic N) is 3. The molecule has 5 nitrogen and oxygen atoms in total. The molecule has 1 atom stereocenters. The number of halogens is 1. The van der Waals surface area contributed by atoms with Crippen LogP contribution >= 0.6 is 11.6 Å². The molecule has 1 saturated heterocycles. The molecule has 5 rings (SSSR count). The van der Waals surface area contributed by atoms with E-state index in [0.717, 1.165) is 57.4 Å². The van der Waals surface area contributed by atoms with Crippen LogP contribution in [0.4, 0.5) is 5.95 Å². The molecule has 2 aromatic heterocycles. The summed E-state index contributed by atoms with van der Waals surface area (Å²) in [5.41, 5.74) is 5.95. The minimum Gasteiger partial charge on any atom is -0.391 e. The standard InChI is InChI=1S/C22H19ClN4O/c23-17-5-1-14(2-6-17)16-4-7-19(24-12-16)15-3-8-20-21(11-15)26-22(25-20)27-10-9-18(28)13-27/h1-8,11-12,18,28H,9-10,13H2,(H,25,26). The quantitative estimate of drug-likeness (QED) is 0.540. The summed E-state index contributed by atoms with van der Waals surface area (Å²) in [6.07, 6.45) is 2.39. The van der Waals surface area contributed by atoms with Crippen molar-refractivity contribution in [1.29, 1.82) is 0 Å². The summed E-state index contributed by atoms with van der Waals surface area (Å²) in [7, 11) is 0. The van der Waals surface area contributed by atoms with Gasteiger partial charge >= 0.3 is 0 Å². The molecule has 1 unspecified atom stereocenters. The zero-order chi connectivity index (χ0) is 19.1. The fourth-order valence-corrected chi connectivity index (χ4v) is 3.74. The second-order valence-electron chi connectivity index (χ2n) is 7.12. The summed E-state index contributed by atoms with van der Waals surface area (Å²) in [5.74, 6) is 0.815. The Kier molecular flexibility index (Phi) is 4.26. The lowest BCUT2D eigenvalue weighted by Gasteiger charge is -2.12. The number of β-amino-alcohol motifs (C(OH)–C–C–N with tert-alkyl or cyclic N) is 1. The second-order valence-corrected chi connectivity index (χ2v) is 7.56. The maximum atomic E-state index is 9.75. The van der Waals surface area contributed by atoms with E-state index >= 15 is 0 Å². The highest BCUT2D eigenvalue weighted by atomic mass is 35.5. The number of aliphatic hydroxyl groups excluding tert-OH is 1. The van der Waals surface area contributed by atoms with Crippen LogP contribution in [0.2, 0.25) is 5.02 Å². The molecule has 0 aliphatic carbocycles. The zero-order valence-electron chi connectivity index (χ0n) is 15.1. The molecule has 0 amide bonds. The lowest BCUT2D eigenvalue weighted by Crippen LogP contribution is -2.22. The van der Waals surface area contributed by atoms with E-state index in [4.69, 9.17) is 16.6 Å². The highest BCUT2D eigenvalue weighted by Crippen LogP contribution is 2.27. The third-order valence-corrected chi connectivity index (χ3v) is 5.42. The highest BCUT2D eigenvalue weighted by Gasteiger charge is 2.22. The van der Waals surface area contributed by atoms with Crippen LogP contribution in [0.3, 0.4) is 0 Å². The van der Waals surface area contributed by atoms with Gasteiger partial charge in [0.1, 0.15) is 0 Å². The minimum absolute atomic E-state index is 0.271. The monoisotopic (exact) mass is 390 g/mol. The largest absolute Gasteiger partial charge is 0.391 e. The molecule has 3 heterocycles. The number of benzene rings is 2. The van der Waals surface area contributed by atoms with Gasteiger partial charge in [-0.25, -0.2) is 4.98 Å². The first-order chi connectivity index (χ1) is 13.7. The Hall–Kier alpha value is -2.89. The van der Waals surface area contributed by atoms with Gasteiger partial charge in [0.05, 0.1) is 22.8 Å². The number of rotatable bonds is 3. The molecule has 2 aromatic carbocycles. The van der Waals surface area contributed by atoms with Crippen LogP contribution in [0.5, 0.6) is 0 Å². The van der Waals surface area contributed by atoms with Crippen LogP contribution in [-0.2, 0) is 0 Å². The van der Waals surface area contributed by atoms with E-state index in [9.17, 15) is 5.11 Å². The average Bonchev–Trinajstić information content (AvgIpc) is 3.34. The van der Waals surface area contributed by atoms with Crippen molar-refractivity contribution in [1.82, 2.24) is 15.0 Å². The maximum Gasteiger partial charge on any atom is 0.203 e. The summed E-state index contributed by atoms with van der Waals surface area (Å²) >= 11 is 5.96. The van der Waals surface area contributed by atoms with Crippen molar-refractivity contribution in [2.75, 3.05) is 18.0 Å². The topological polar surface area (TPSA) is 65.0 Å². The number of aromatic amines is 1. The van der Waals surface area contributed by atoms with Gasteiger partial charge in [-0.05, 0) is 42.3 Å². The Bertz CT molecular complexity index is 1120. The number of aliphatic hydroxyl groups is 1. The molecule has 140 valence electrons. The van der Waals surface area contributed by atoms with Crippen molar-refractivity contribution >= 4 is 28.6 Å². The van der Waals surface area contributed by atoms with E-state index in [1.807, 2.05) is 54.7 Å². The third-order valence-electron chi connectivity index (χ3n) is 5.17. The van der Waals surface area contributed by atoms with E-state index in [2.05, 4.69) is 20.9 Å². The van der Waals surface area contributed by atoms with Crippen LogP contribution in [0, 0.1) is 0 Å². The summed E-state index contributed by atoms with van der Waals surface area (Å²) in [4.78, 5) is 14.8. The molecule has 28 heavy (non-hydrogen) atoms. The Morgan fingerprint density at radius 1 is 1.00 bits per heavy atom. The number of anilines is 1. The second kappa shape index (κ2) is 6.93. The van der Waals surface area contributed by atoms with Crippen molar-refractivity contribution in [3.63, 3.8) is 0 Å². The van der Waals surface area contributed by atoms with E-state index in [1.54, 1.807) is 0 Å². The molecular weight excluding hydrogens is 372 g/mol. The highest BCUT2D eigenvalue weighted by molar-refractivity contribution is 6.30. The third kappa shape index (κ3) is 3.23. The minimum atomic E-state index is -0.271. The molecule has 2 N–H and O–H groups in total. The molecule has 0 bridgehead atoms. The van der Waals surface area contributed by atoms with Gasteiger partial charge in [0.25, 0.3) is 0 Å². The first-order valence-corrected chi connectivity index (χ1v) is 9.69. The van der Waals surface area contributed by atoms with Gasteiger partial charge in [-0.3, -0.25) is 4.98 Å². The van der Waals surface area contributed by atoms with Crippen LogP contribution in [0.1, 0.15) is 6.42 Å². The van der Waals surface area contributed by atoms with Gasteiger partial charge in [-0.1, -0.05) is 35.9 Å². The molecule has 1 fully saturated rings. The average molecular weight is 391 g/mol. The van der Waals surface area contributed by atoms with Gasteiger partial charge < -0.3 is 15.0 Å². The Morgan fingerprint density at radius 3 is 2.50 bits per heavy atom. The predicted octanol–water partition coefficient (Wildman–Crippen LogP) is 4.52. The number of H-pyrrole nitrogens is 1. The molecular formula is C22H19ClN4O. The summed E-state index contributed by atoms with van der Waals surface area (Å²) in [6, 6.07) is 18.0. The van der Waals surface area contributed by atoms with Crippen molar-refractivity contribution in [3.05, 3.63) is 65.8 Å². The first-order valence-electron chi connectivity index (χ1n) is 9.31. The van der Waals surface area contributed by atoms with Gasteiger partial charge in [-0.2, -0.15) is 0 Å². The molecule has 1 aliphatic rings. The van der Waals surface area contributed by atoms with Crippen LogP contribution in [0.15, 0.2) is 60.8 Å². The van der Waals surface area contributed by atoms with Gasteiger partial charge in [0.15, 0.2) is 0 Å². The summed E-state index contributed by atoms with van der Waals surface area (Å²) < 4.78 is 0. The fourth-order valence-electron chi connectivity index (χ4n) is 3.61. The number of aromatic nitrogens is 3. The molecule has 0 spiro atoms. The van der Waals surface area contributed by atoms with E-state index < -0.39 is 0 Å². The molecule has 6 heteroatoms. The van der Waals surface area contributed by atoms with Crippen LogP contribution < -0.4 is 4.90 Å². The zero-order valence-corrected chi connectivity index (χ0v) is 15.9. The van der Waals surface area contributed by atoms with E-state index in [1.165, 1.54) is 0 Å². The van der Waals surface area contributed by atoms with E-state index in [0.29, 0.717) is 6.54 Å². The number of nitrogens with one attached hydrogen (secondary N) is 1. The van der Waals surface area contributed by atoms with Gasteiger partial charge in [0, 0.05) is 35.4 Å². The predicted molar refractivity (Wildman–Crippen MR) is 113 cm³/mol. The molecule has 1 aliphatic heterocycles. The molecule has 4 aromatic rings. The summed E-state index contributed by atoms with van der Waals surface area (Å²) in [6.45, 7) is 1.45. The SMILES string of the molecule is OC1CCN(c2nc3cc(-c4ccc(-c5ccc(Cl)cc5)cn4)ccc3[nH]2)C1. The van der Waals surface area contributed by atoms with Crippen LogP contribution in [0.25, 0.3) is 33.4 Å². The Balaban J connectivity index is 1.43. The van der Waals surface area contributed by atoms with Crippen LogP contribution in [-0.4, -0.2) is 39.3 Å². The van der Waals surface area contributed by atoms with Crippen molar-refractivity contribution in [3.8, 4) is 22.4 Å². The lowest BCUT2D eigenvalue weighted by molar-refractivity contribution is 0.198. The number of fused-ring (bicyclic) bond motifs is 1. The Morgan fingerprint density at radius 2 is 1.79 bits per heavy atom. The Labute approximate surface area is 167 Å². The maximum absolute atomic E-state index is 9.75. The number of hydrogen-bond acceptors (Lipinski definition) is 4. The normalized spacial score (nSPS) is 16.8. The van der Waals surface area contributed by atoms with Gasteiger partial charge in [-0.15, -0.1) is 0 Å².